The lowest BCUT2D eigenvalue weighted by Crippen LogP contribution is -2.55. The van der Waals surface area contributed by atoms with Crippen molar-refractivity contribution < 1.29 is 9.28 Å². The number of likely N-dealkylation sites (N-methyl/N-ethyl adjacent to an activating group) is 1. The van der Waals surface area contributed by atoms with E-state index in [4.69, 9.17) is 4.99 Å². The Kier molecular flexibility index (Phi) is 11.5. The van der Waals surface area contributed by atoms with Crippen molar-refractivity contribution in [2.24, 2.45) is 4.99 Å². The summed E-state index contributed by atoms with van der Waals surface area (Å²) in [6.07, 6.45) is 18.8. The second-order valence-corrected chi connectivity index (χ2v) is 7.34. The molecule has 1 aliphatic heterocycles. The maximum absolute atomic E-state index is 11.1. The Labute approximate surface area is 155 Å². The van der Waals surface area contributed by atoms with Crippen LogP contribution in [0.15, 0.2) is 17.1 Å². The van der Waals surface area contributed by atoms with E-state index in [1.807, 2.05) is 0 Å². The lowest BCUT2D eigenvalue weighted by atomic mass is 10.1. The number of hydrogen-bond donors (Lipinski definition) is 1. The minimum absolute atomic E-state index is 0.0588. The molecule has 4 nitrogen and oxygen atoms in total. The summed E-state index contributed by atoms with van der Waals surface area (Å²) < 4.78 is 0.992. The Morgan fingerprint density at radius 3 is 2.60 bits per heavy atom. The van der Waals surface area contributed by atoms with Gasteiger partial charge in [-0.05, 0) is 26.2 Å². The fourth-order valence-electron chi connectivity index (χ4n) is 3.66. The maximum atomic E-state index is 11.1. The number of nitrogens with one attached hydrogen (secondary N) is 1. The quantitative estimate of drug-likeness (QED) is 0.280. The van der Waals surface area contributed by atoms with Gasteiger partial charge < -0.3 is 5.32 Å². The third-order valence-electron chi connectivity index (χ3n) is 5.40. The minimum atomic E-state index is 0.0588. The van der Waals surface area contributed by atoms with Crippen LogP contribution in [0.25, 0.3) is 0 Å². The van der Waals surface area contributed by atoms with E-state index in [0.717, 1.165) is 43.5 Å². The van der Waals surface area contributed by atoms with Crippen LogP contribution in [0.1, 0.15) is 78.6 Å². The van der Waals surface area contributed by atoms with Crippen molar-refractivity contribution in [3.05, 3.63) is 12.2 Å². The van der Waals surface area contributed by atoms with Crippen LogP contribution in [0.4, 0.5) is 0 Å². The van der Waals surface area contributed by atoms with Crippen LogP contribution >= 0.6 is 0 Å². The SMILES string of the molecule is CCCCCCCC/C=C/CCC1N=CC[N+]1(CC)CCNC(C)=O. The van der Waals surface area contributed by atoms with Gasteiger partial charge >= 0.3 is 0 Å². The lowest BCUT2D eigenvalue weighted by Gasteiger charge is -2.38. The van der Waals surface area contributed by atoms with E-state index in [1.54, 1.807) is 6.92 Å². The Morgan fingerprint density at radius 1 is 1.16 bits per heavy atom. The molecule has 0 fully saturated rings. The van der Waals surface area contributed by atoms with Crippen molar-refractivity contribution in [1.82, 2.24) is 5.32 Å². The summed E-state index contributed by atoms with van der Waals surface area (Å²) in [6, 6.07) is 0. The molecule has 1 amide bonds. The number of nitrogens with zero attached hydrogens (tertiary/aromatic N) is 2. The van der Waals surface area contributed by atoms with Gasteiger partial charge in [0.25, 0.3) is 0 Å². The molecule has 0 saturated carbocycles. The average Bonchev–Trinajstić information content (AvgIpc) is 2.99. The summed E-state index contributed by atoms with van der Waals surface area (Å²) in [5, 5.41) is 2.94. The molecule has 0 radical (unpaired) electrons. The second-order valence-electron chi connectivity index (χ2n) is 7.34. The standard InChI is InChI=1S/C21H39N3O/c1-4-6-7-8-9-10-11-12-13-14-15-21-23-17-19-24(21,5-2)18-16-22-20(3)25/h12-13,17,21H,4-11,14-16,18-19H2,1-3H3/p+1/b13-12+. The number of unbranched alkanes of at least 4 members (excludes halogenated alkanes) is 6. The predicted octanol–water partition coefficient (Wildman–Crippen LogP) is 4.46. The van der Waals surface area contributed by atoms with E-state index < -0.39 is 0 Å². The molecule has 1 heterocycles. The van der Waals surface area contributed by atoms with Crippen LogP contribution in [0.2, 0.25) is 0 Å². The number of rotatable bonds is 14. The number of allylic oxidation sites excluding steroid dienone is 2. The first kappa shape index (κ1) is 21.9. The third kappa shape index (κ3) is 8.66. The average molecular weight is 351 g/mol. The van der Waals surface area contributed by atoms with Crippen molar-refractivity contribution in [2.45, 2.75) is 84.7 Å². The highest BCUT2D eigenvalue weighted by atomic mass is 16.1. The first-order valence-electron chi connectivity index (χ1n) is 10.4. The van der Waals surface area contributed by atoms with E-state index >= 15 is 0 Å². The Balaban J connectivity index is 2.21. The number of amides is 1. The van der Waals surface area contributed by atoms with Gasteiger partial charge in [-0.2, -0.15) is 0 Å². The Morgan fingerprint density at radius 2 is 1.88 bits per heavy atom. The molecule has 0 saturated heterocycles. The fourth-order valence-corrected chi connectivity index (χ4v) is 3.66. The summed E-state index contributed by atoms with van der Waals surface area (Å²) in [7, 11) is 0. The zero-order valence-electron chi connectivity index (χ0n) is 16.8. The minimum Gasteiger partial charge on any atom is -0.351 e. The van der Waals surface area contributed by atoms with E-state index in [2.05, 4.69) is 37.5 Å². The van der Waals surface area contributed by atoms with Crippen molar-refractivity contribution in [3.63, 3.8) is 0 Å². The molecule has 1 rings (SSSR count). The first-order chi connectivity index (χ1) is 12.1. The molecule has 25 heavy (non-hydrogen) atoms. The largest absolute Gasteiger partial charge is 0.351 e. The van der Waals surface area contributed by atoms with Gasteiger partial charge in [0.15, 0.2) is 6.17 Å². The highest BCUT2D eigenvalue weighted by Crippen LogP contribution is 2.23. The zero-order valence-corrected chi connectivity index (χ0v) is 16.8. The molecular weight excluding hydrogens is 310 g/mol. The molecule has 0 spiro atoms. The smallest absolute Gasteiger partial charge is 0.217 e. The molecule has 4 heteroatoms. The molecule has 0 aliphatic carbocycles. The van der Waals surface area contributed by atoms with Gasteiger partial charge in [0.05, 0.1) is 25.8 Å². The summed E-state index contributed by atoms with van der Waals surface area (Å²) in [6.45, 7) is 9.89. The van der Waals surface area contributed by atoms with E-state index in [0.29, 0.717) is 6.17 Å². The van der Waals surface area contributed by atoms with Gasteiger partial charge in [0, 0.05) is 13.3 Å². The van der Waals surface area contributed by atoms with Crippen LogP contribution in [0, 0.1) is 0 Å². The topological polar surface area (TPSA) is 41.5 Å². The number of quaternary nitrogens is 1. The lowest BCUT2D eigenvalue weighted by molar-refractivity contribution is -0.935. The predicted molar refractivity (Wildman–Crippen MR) is 108 cm³/mol. The van der Waals surface area contributed by atoms with Crippen molar-refractivity contribution in [1.29, 1.82) is 0 Å². The summed E-state index contributed by atoms with van der Waals surface area (Å²) in [5.74, 6) is 0.0588. The second kappa shape index (κ2) is 13.1. The highest BCUT2D eigenvalue weighted by Gasteiger charge is 2.37. The van der Waals surface area contributed by atoms with Gasteiger partial charge in [0.1, 0.15) is 6.54 Å². The Hall–Kier alpha value is -1.16. The third-order valence-corrected chi connectivity index (χ3v) is 5.40. The molecule has 0 aromatic heterocycles. The molecule has 2 unspecified atom stereocenters. The molecule has 1 aliphatic rings. The molecule has 2 atom stereocenters. The van der Waals surface area contributed by atoms with Crippen molar-refractivity contribution in [2.75, 3.05) is 26.2 Å². The van der Waals surface area contributed by atoms with Crippen LogP contribution < -0.4 is 5.32 Å². The summed E-state index contributed by atoms with van der Waals surface area (Å²) in [5.41, 5.74) is 0. The molecule has 144 valence electrons. The zero-order chi connectivity index (χ0) is 18.4. The van der Waals surface area contributed by atoms with Gasteiger partial charge in [-0.15, -0.1) is 0 Å². The number of aliphatic imine (C=N–C) groups is 1. The van der Waals surface area contributed by atoms with Gasteiger partial charge in [-0.1, -0.05) is 51.2 Å². The number of hydrogen-bond acceptors (Lipinski definition) is 2. The normalized spacial score (nSPS) is 22.8. The van der Waals surface area contributed by atoms with Crippen LogP contribution in [0.5, 0.6) is 0 Å². The van der Waals surface area contributed by atoms with Crippen molar-refractivity contribution in [3.8, 4) is 0 Å². The maximum Gasteiger partial charge on any atom is 0.217 e. The summed E-state index contributed by atoms with van der Waals surface area (Å²) >= 11 is 0. The van der Waals surface area contributed by atoms with Gasteiger partial charge in [0.2, 0.25) is 5.91 Å². The Bertz CT molecular complexity index is 419. The monoisotopic (exact) mass is 350 g/mol. The van der Waals surface area contributed by atoms with Crippen molar-refractivity contribution >= 4 is 12.1 Å². The van der Waals surface area contributed by atoms with E-state index in [9.17, 15) is 4.79 Å². The van der Waals surface area contributed by atoms with E-state index in [1.165, 1.54) is 44.9 Å². The first-order valence-corrected chi connectivity index (χ1v) is 10.4. The van der Waals surface area contributed by atoms with Crippen LogP contribution in [0.3, 0.4) is 0 Å². The number of carbonyl (C=O) groups excluding carboxylic acids is 1. The van der Waals surface area contributed by atoms with E-state index in [-0.39, 0.29) is 5.91 Å². The molecule has 1 N–H and O–H groups in total. The molecular formula is C21H40N3O+. The van der Waals surface area contributed by atoms with Crippen LogP contribution in [-0.4, -0.2) is 48.9 Å². The number of carbonyl (C=O) groups is 1. The molecule has 0 aromatic rings. The highest BCUT2D eigenvalue weighted by molar-refractivity contribution is 5.72. The van der Waals surface area contributed by atoms with Crippen LogP contribution in [-0.2, 0) is 4.79 Å². The van der Waals surface area contributed by atoms with Gasteiger partial charge in [-0.3, -0.25) is 9.28 Å². The molecule has 0 aromatic carbocycles. The molecule has 0 bridgehead atoms. The van der Waals surface area contributed by atoms with Gasteiger partial charge in [-0.25, -0.2) is 4.99 Å². The summed E-state index contributed by atoms with van der Waals surface area (Å²) in [4.78, 5) is 15.8. The fraction of sp³-hybridized carbons (Fsp3) is 0.810.